The number of hydrogen-bond acceptors (Lipinski definition) is 2. The number of halogens is 1. The lowest BCUT2D eigenvalue weighted by Gasteiger charge is -2.30. The summed E-state index contributed by atoms with van der Waals surface area (Å²) in [5, 5.41) is 6.50. The quantitative estimate of drug-likeness (QED) is 0.896. The number of rotatable bonds is 4. The van der Waals surface area contributed by atoms with Gasteiger partial charge in [-0.25, -0.2) is 0 Å². The second-order valence-electron chi connectivity index (χ2n) is 5.57. The van der Waals surface area contributed by atoms with Gasteiger partial charge in [0, 0.05) is 19.0 Å². The highest BCUT2D eigenvalue weighted by Crippen LogP contribution is 2.12. The number of carbonyl (C=O) groups is 1. The van der Waals surface area contributed by atoms with Crippen LogP contribution >= 0.6 is 12.4 Å². The first-order valence-corrected chi connectivity index (χ1v) is 7.21. The topological polar surface area (TPSA) is 41.1 Å². The zero-order chi connectivity index (χ0) is 13.7. The van der Waals surface area contributed by atoms with Gasteiger partial charge in [-0.1, -0.05) is 31.2 Å². The average molecular weight is 297 g/mol. The van der Waals surface area contributed by atoms with Crippen molar-refractivity contribution in [2.24, 2.45) is 5.92 Å². The van der Waals surface area contributed by atoms with Crippen molar-refractivity contribution in [1.29, 1.82) is 0 Å². The first-order chi connectivity index (χ1) is 9.16. The van der Waals surface area contributed by atoms with Gasteiger partial charge in [-0.05, 0) is 43.4 Å². The minimum atomic E-state index is 0. The molecule has 2 unspecified atom stereocenters. The Balaban J connectivity index is 0.00000200. The van der Waals surface area contributed by atoms with Crippen LogP contribution in [-0.2, 0) is 11.2 Å². The molecule has 0 aromatic heterocycles. The van der Waals surface area contributed by atoms with Crippen LogP contribution in [0.5, 0.6) is 0 Å². The van der Waals surface area contributed by atoms with Gasteiger partial charge in [-0.15, -0.1) is 12.4 Å². The second kappa shape index (κ2) is 8.28. The van der Waals surface area contributed by atoms with Crippen LogP contribution in [0.15, 0.2) is 24.3 Å². The Morgan fingerprint density at radius 2 is 2.15 bits per heavy atom. The molecule has 2 rings (SSSR count). The second-order valence-corrected chi connectivity index (χ2v) is 5.57. The Bertz CT molecular complexity index is 436. The molecule has 1 saturated heterocycles. The van der Waals surface area contributed by atoms with Crippen LogP contribution in [0, 0.1) is 12.8 Å². The third-order valence-corrected chi connectivity index (χ3v) is 4.06. The molecule has 1 aliphatic rings. The molecule has 0 spiro atoms. The number of aryl methyl sites for hydroxylation is 2. The molecule has 20 heavy (non-hydrogen) atoms. The van der Waals surface area contributed by atoms with Crippen LogP contribution in [0.2, 0.25) is 0 Å². The molecule has 0 aliphatic carbocycles. The molecule has 1 amide bonds. The van der Waals surface area contributed by atoms with Crippen molar-refractivity contribution >= 4 is 18.3 Å². The molecule has 4 heteroatoms. The summed E-state index contributed by atoms with van der Waals surface area (Å²) in [4.78, 5) is 12.0. The lowest BCUT2D eigenvalue weighted by molar-refractivity contribution is -0.122. The number of benzene rings is 1. The number of carbonyl (C=O) groups excluding carboxylic acids is 1. The van der Waals surface area contributed by atoms with Crippen LogP contribution in [0.4, 0.5) is 0 Å². The number of nitrogens with one attached hydrogen (secondary N) is 2. The summed E-state index contributed by atoms with van der Waals surface area (Å²) in [5.74, 6) is 0.743. The van der Waals surface area contributed by atoms with Gasteiger partial charge in [0.25, 0.3) is 0 Å². The SMILES string of the molecule is Cc1ccccc1CCC(=O)NC1CNCCC1C.Cl. The highest BCUT2D eigenvalue weighted by Gasteiger charge is 2.22. The van der Waals surface area contributed by atoms with Gasteiger partial charge in [0.15, 0.2) is 0 Å². The van der Waals surface area contributed by atoms with Gasteiger partial charge in [0.1, 0.15) is 0 Å². The van der Waals surface area contributed by atoms with Crippen molar-refractivity contribution in [3.05, 3.63) is 35.4 Å². The maximum atomic E-state index is 12.0. The fourth-order valence-electron chi connectivity index (χ4n) is 2.60. The van der Waals surface area contributed by atoms with Crippen molar-refractivity contribution in [2.75, 3.05) is 13.1 Å². The van der Waals surface area contributed by atoms with E-state index in [-0.39, 0.29) is 24.4 Å². The molecule has 1 aromatic rings. The number of amides is 1. The molecular formula is C16H25ClN2O. The van der Waals surface area contributed by atoms with Crippen LogP contribution in [0.25, 0.3) is 0 Å². The zero-order valence-corrected chi connectivity index (χ0v) is 13.1. The Morgan fingerprint density at radius 3 is 2.85 bits per heavy atom. The predicted octanol–water partition coefficient (Wildman–Crippen LogP) is 2.46. The normalized spacial score (nSPS) is 21.9. The molecule has 1 fully saturated rings. The molecule has 1 aromatic carbocycles. The summed E-state index contributed by atoms with van der Waals surface area (Å²) >= 11 is 0. The van der Waals surface area contributed by atoms with Gasteiger partial charge in [-0.2, -0.15) is 0 Å². The van der Waals surface area contributed by atoms with Crippen molar-refractivity contribution in [1.82, 2.24) is 10.6 Å². The Morgan fingerprint density at radius 1 is 1.40 bits per heavy atom. The fraction of sp³-hybridized carbons (Fsp3) is 0.562. The molecule has 3 nitrogen and oxygen atoms in total. The van der Waals surface area contributed by atoms with Crippen LogP contribution in [0.1, 0.15) is 30.9 Å². The summed E-state index contributed by atoms with van der Waals surface area (Å²) in [6.45, 7) is 6.28. The van der Waals surface area contributed by atoms with E-state index in [0.29, 0.717) is 12.3 Å². The molecule has 2 atom stereocenters. The summed E-state index contributed by atoms with van der Waals surface area (Å²) in [6.07, 6.45) is 2.55. The largest absolute Gasteiger partial charge is 0.352 e. The third-order valence-electron chi connectivity index (χ3n) is 4.06. The predicted molar refractivity (Wildman–Crippen MR) is 85.3 cm³/mol. The van der Waals surface area contributed by atoms with Gasteiger partial charge in [0.2, 0.25) is 5.91 Å². The Hall–Kier alpha value is -1.06. The molecule has 112 valence electrons. The highest BCUT2D eigenvalue weighted by atomic mass is 35.5. The summed E-state index contributed by atoms with van der Waals surface area (Å²) in [7, 11) is 0. The first kappa shape index (κ1) is 17.0. The fourth-order valence-corrected chi connectivity index (χ4v) is 2.60. The van der Waals surface area contributed by atoms with E-state index in [1.165, 1.54) is 11.1 Å². The van der Waals surface area contributed by atoms with Gasteiger partial charge in [-0.3, -0.25) is 4.79 Å². The molecule has 0 bridgehead atoms. The van der Waals surface area contributed by atoms with E-state index in [1.54, 1.807) is 0 Å². The smallest absolute Gasteiger partial charge is 0.220 e. The zero-order valence-electron chi connectivity index (χ0n) is 12.3. The van der Waals surface area contributed by atoms with Gasteiger partial charge < -0.3 is 10.6 Å². The molecule has 1 heterocycles. The first-order valence-electron chi connectivity index (χ1n) is 7.21. The van der Waals surface area contributed by atoms with Crippen molar-refractivity contribution < 1.29 is 4.79 Å². The standard InChI is InChI=1S/C16H24N2O.ClH/c1-12-5-3-4-6-14(12)7-8-16(19)18-15-11-17-10-9-13(15)2;/h3-6,13,15,17H,7-11H2,1-2H3,(H,18,19);1H. The van der Waals surface area contributed by atoms with Crippen LogP contribution in [-0.4, -0.2) is 25.0 Å². The molecule has 1 aliphatic heterocycles. The minimum Gasteiger partial charge on any atom is -0.352 e. The monoisotopic (exact) mass is 296 g/mol. The maximum Gasteiger partial charge on any atom is 0.220 e. The maximum absolute atomic E-state index is 12.0. The van der Waals surface area contributed by atoms with E-state index in [1.807, 2.05) is 12.1 Å². The van der Waals surface area contributed by atoms with Crippen molar-refractivity contribution in [3.63, 3.8) is 0 Å². The van der Waals surface area contributed by atoms with Gasteiger partial charge in [0.05, 0.1) is 0 Å². The summed E-state index contributed by atoms with van der Waals surface area (Å²) in [5.41, 5.74) is 2.54. The van der Waals surface area contributed by atoms with E-state index in [9.17, 15) is 4.79 Å². The van der Waals surface area contributed by atoms with E-state index < -0.39 is 0 Å². The van der Waals surface area contributed by atoms with E-state index >= 15 is 0 Å². The highest BCUT2D eigenvalue weighted by molar-refractivity contribution is 5.85. The lowest BCUT2D eigenvalue weighted by Crippen LogP contribution is -2.50. The lowest BCUT2D eigenvalue weighted by atomic mass is 9.94. The minimum absolute atomic E-state index is 0. The van der Waals surface area contributed by atoms with Crippen LogP contribution in [0.3, 0.4) is 0 Å². The van der Waals surface area contributed by atoms with Crippen LogP contribution < -0.4 is 10.6 Å². The average Bonchev–Trinajstić information content (AvgIpc) is 2.40. The third kappa shape index (κ3) is 4.80. The summed E-state index contributed by atoms with van der Waals surface area (Å²) in [6, 6.07) is 8.56. The Labute approximate surface area is 127 Å². The van der Waals surface area contributed by atoms with E-state index in [0.717, 1.165) is 25.9 Å². The van der Waals surface area contributed by atoms with Crippen molar-refractivity contribution in [2.45, 2.75) is 39.2 Å². The summed E-state index contributed by atoms with van der Waals surface area (Å²) < 4.78 is 0. The van der Waals surface area contributed by atoms with Gasteiger partial charge >= 0.3 is 0 Å². The van der Waals surface area contributed by atoms with Crippen molar-refractivity contribution in [3.8, 4) is 0 Å². The van der Waals surface area contributed by atoms with E-state index in [2.05, 4.69) is 36.6 Å². The molecular weight excluding hydrogens is 272 g/mol. The number of piperidine rings is 1. The molecule has 0 radical (unpaired) electrons. The molecule has 2 N–H and O–H groups in total. The number of hydrogen-bond donors (Lipinski definition) is 2. The van der Waals surface area contributed by atoms with E-state index in [4.69, 9.17) is 0 Å². The Kier molecular flexibility index (Phi) is 7.03. The molecule has 0 saturated carbocycles.